The number of amides is 2. The Hall–Kier alpha value is -2.04. The number of anilines is 1. The van der Waals surface area contributed by atoms with Crippen molar-refractivity contribution in [1.29, 1.82) is 0 Å². The molecular formula is C12H16N2O3. The predicted molar refractivity (Wildman–Crippen MR) is 65.0 cm³/mol. The van der Waals surface area contributed by atoms with Crippen LogP contribution in [-0.4, -0.2) is 19.0 Å². The van der Waals surface area contributed by atoms with Gasteiger partial charge in [0.25, 0.3) is 0 Å². The summed E-state index contributed by atoms with van der Waals surface area (Å²) in [6, 6.07) is 6.67. The van der Waals surface area contributed by atoms with Gasteiger partial charge < -0.3 is 15.4 Å². The van der Waals surface area contributed by atoms with Crippen LogP contribution in [0.4, 0.5) is 10.5 Å². The lowest BCUT2D eigenvalue weighted by atomic mass is 10.2. The molecule has 0 saturated carbocycles. The summed E-state index contributed by atoms with van der Waals surface area (Å²) in [4.78, 5) is 22.5. The summed E-state index contributed by atoms with van der Waals surface area (Å²) in [5.41, 5.74) is 0.602. The minimum absolute atomic E-state index is 0.0814. The molecule has 0 atom stereocenters. The van der Waals surface area contributed by atoms with Crippen LogP contribution in [0.5, 0.6) is 5.75 Å². The van der Waals surface area contributed by atoms with Crippen molar-refractivity contribution in [3.63, 3.8) is 0 Å². The molecule has 92 valence electrons. The van der Waals surface area contributed by atoms with Crippen LogP contribution >= 0.6 is 0 Å². The molecule has 0 fully saturated rings. The number of ether oxygens (including phenoxy) is 1. The Morgan fingerprint density at radius 2 is 2.00 bits per heavy atom. The van der Waals surface area contributed by atoms with E-state index in [0.29, 0.717) is 11.4 Å². The van der Waals surface area contributed by atoms with Gasteiger partial charge in [0, 0.05) is 24.7 Å². The average molecular weight is 236 g/mol. The van der Waals surface area contributed by atoms with E-state index in [9.17, 15) is 9.59 Å². The highest BCUT2D eigenvalue weighted by Gasteiger charge is 2.08. The fourth-order valence-electron chi connectivity index (χ4n) is 1.08. The highest BCUT2D eigenvalue weighted by atomic mass is 16.5. The van der Waals surface area contributed by atoms with E-state index < -0.39 is 6.09 Å². The highest BCUT2D eigenvalue weighted by molar-refractivity contribution is 5.92. The average Bonchev–Trinajstić information content (AvgIpc) is 2.29. The number of hydrogen-bond acceptors (Lipinski definition) is 3. The lowest BCUT2D eigenvalue weighted by molar-refractivity contribution is -0.118. The molecule has 0 heterocycles. The zero-order chi connectivity index (χ0) is 12.8. The summed E-state index contributed by atoms with van der Waals surface area (Å²) in [5.74, 6) is 0.200. The van der Waals surface area contributed by atoms with E-state index in [1.54, 1.807) is 38.1 Å². The Morgan fingerprint density at radius 1 is 1.29 bits per heavy atom. The monoisotopic (exact) mass is 236 g/mol. The number of hydrogen-bond donors (Lipinski definition) is 2. The van der Waals surface area contributed by atoms with Crippen molar-refractivity contribution in [1.82, 2.24) is 5.32 Å². The van der Waals surface area contributed by atoms with Gasteiger partial charge in [0.1, 0.15) is 5.75 Å². The Bertz CT molecular complexity index is 416. The van der Waals surface area contributed by atoms with E-state index in [4.69, 9.17) is 4.74 Å². The van der Waals surface area contributed by atoms with Gasteiger partial charge in [-0.05, 0) is 12.1 Å². The van der Waals surface area contributed by atoms with Crippen LogP contribution in [0.15, 0.2) is 24.3 Å². The smallest absolute Gasteiger partial charge is 0.410 e. The van der Waals surface area contributed by atoms with E-state index in [1.807, 2.05) is 0 Å². The van der Waals surface area contributed by atoms with Crippen LogP contribution < -0.4 is 15.4 Å². The summed E-state index contributed by atoms with van der Waals surface area (Å²) >= 11 is 0. The summed E-state index contributed by atoms with van der Waals surface area (Å²) in [6.07, 6.45) is -0.544. The maximum Gasteiger partial charge on any atom is 0.412 e. The van der Waals surface area contributed by atoms with Gasteiger partial charge in [-0.25, -0.2) is 4.79 Å². The number of rotatable bonds is 3. The molecule has 0 aliphatic rings. The van der Waals surface area contributed by atoms with Crippen LogP contribution in [0.2, 0.25) is 0 Å². The molecule has 1 aromatic carbocycles. The molecule has 0 aliphatic carbocycles. The first-order valence-electron chi connectivity index (χ1n) is 5.33. The van der Waals surface area contributed by atoms with Crippen molar-refractivity contribution in [3.8, 4) is 5.75 Å². The molecular weight excluding hydrogens is 220 g/mol. The molecule has 0 unspecified atom stereocenters. The molecule has 0 bridgehead atoms. The van der Waals surface area contributed by atoms with Crippen molar-refractivity contribution in [2.45, 2.75) is 13.8 Å². The molecule has 0 aliphatic heterocycles. The van der Waals surface area contributed by atoms with Gasteiger partial charge in [0.15, 0.2) is 0 Å². The molecule has 2 amide bonds. The summed E-state index contributed by atoms with van der Waals surface area (Å²) in [7, 11) is 1.48. The van der Waals surface area contributed by atoms with E-state index in [2.05, 4.69) is 10.6 Å². The molecule has 0 aromatic heterocycles. The van der Waals surface area contributed by atoms with E-state index in [-0.39, 0.29) is 11.8 Å². The number of carbonyl (C=O) groups excluding carboxylic acids is 2. The molecule has 0 saturated heterocycles. The normalized spacial score (nSPS) is 9.88. The van der Waals surface area contributed by atoms with Crippen molar-refractivity contribution >= 4 is 17.7 Å². The van der Waals surface area contributed by atoms with Crippen molar-refractivity contribution in [3.05, 3.63) is 24.3 Å². The minimum Gasteiger partial charge on any atom is -0.410 e. The Morgan fingerprint density at radius 3 is 2.59 bits per heavy atom. The number of carbonyl (C=O) groups is 2. The number of nitrogens with one attached hydrogen (secondary N) is 2. The zero-order valence-electron chi connectivity index (χ0n) is 10.1. The van der Waals surface area contributed by atoms with Gasteiger partial charge in [0.2, 0.25) is 5.91 Å². The lowest BCUT2D eigenvalue weighted by Crippen LogP contribution is -2.22. The molecule has 1 aromatic rings. The molecule has 5 heteroatoms. The van der Waals surface area contributed by atoms with Crippen molar-refractivity contribution in [2.24, 2.45) is 5.92 Å². The van der Waals surface area contributed by atoms with E-state index in [0.717, 1.165) is 0 Å². The third-order valence-electron chi connectivity index (χ3n) is 2.04. The Labute approximate surface area is 100 Å². The van der Waals surface area contributed by atoms with Gasteiger partial charge in [0.05, 0.1) is 0 Å². The third-order valence-corrected chi connectivity index (χ3v) is 2.04. The molecule has 1 rings (SSSR count). The molecule has 5 nitrogen and oxygen atoms in total. The minimum atomic E-state index is -0.544. The summed E-state index contributed by atoms with van der Waals surface area (Å²) < 4.78 is 4.94. The zero-order valence-corrected chi connectivity index (χ0v) is 10.1. The van der Waals surface area contributed by atoms with Crippen LogP contribution in [0.25, 0.3) is 0 Å². The van der Waals surface area contributed by atoms with Gasteiger partial charge >= 0.3 is 6.09 Å². The summed E-state index contributed by atoms with van der Waals surface area (Å²) in [6.45, 7) is 3.61. The van der Waals surface area contributed by atoms with Crippen LogP contribution in [-0.2, 0) is 4.79 Å². The standard InChI is InChI=1S/C12H16N2O3/c1-8(2)11(15)14-9-5-4-6-10(7-9)17-12(16)13-3/h4-8H,1-3H3,(H,13,16)(H,14,15). The van der Waals surface area contributed by atoms with E-state index in [1.165, 1.54) is 7.05 Å². The SMILES string of the molecule is CNC(=O)Oc1cccc(NC(=O)C(C)C)c1. The first-order valence-corrected chi connectivity index (χ1v) is 5.33. The fraction of sp³-hybridized carbons (Fsp3) is 0.333. The predicted octanol–water partition coefficient (Wildman–Crippen LogP) is 2.00. The van der Waals surface area contributed by atoms with E-state index >= 15 is 0 Å². The third kappa shape index (κ3) is 4.14. The molecule has 0 radical (unpaired) electrons. The van der Waals surface area contributed by atoms with Crippen LogP contribution in [0.1, 0.15) is 13.8 Å². The van der Waals surface area contributed by atoms with Gasteiger partial charge in [-0.15, -0.1) is 0 Å². The second-order valence-electron chi connectivity index (χ2n) is 3.81. The van der Waals surface area contributed by atoms with Crippen molar-refractivity contribution in [2.75, 3.05) is 12.4 Å². The molecule has 17 heavy (non-hydrogen) atoms. The lowest BCUT2D eigenvalue weighted by Gasteiger charge is -2.09. The van der Waals surface area contributed by atoms with Gasteiger partial charge in [-0.2, -0.15) is 0 Å². The first kappa shape index (κ1) is 13.0. The Kier molecular flexibility index (Phi) is 4.51. The van der Waals surface area contributed by atoms with Crippen molar-refractivity contribution < 1.29 is 14.3 Å². The van der Waals surface area contributed by atoms with Gasteiger partial charge in [-0.1, -0.05) is 19.9 Å². The quantitative estimate of drug-likeness (QED) is 0.843. The second-order valence-corrected chi connectivity index (χ2v) is 3.81. The van der Waals surface area contributed by atoms with Gasteiger partial charge in [-0.3, -0.25) is 4.79 Å². The maximum absolute atomic E-state index is 11.5. The molecule has 0 spiro atoms. The highest BCUT2D eigenvalue weighted by Crippen LogP contribution is 2.18. The Balaban J connectivity index is 2.72. The van der Waals surface area contributed by atoms with Crippen LogP contribution in [0, 0.1) is 5.92 Å². The second kappa shape index (κ2) is 5.89. The fourth-order valence-corrected chi connectivity index (χ4v) is 1.08. The largest absolute Gasteiger partial charge is 0.412 e. The first-order chi connectivity index (χ1) is 8.02. The topological polar surface area (TPSA) is 67.4 Å². The number of benzene rings is 1. The maximum atomic E-state index is 11.5. The van der Waals surface area contributed by atoms with Crippen LogP contribution in [0.3, 0.4) is 0 Å². The summed E-state index contributed by atoms with van der Waals surface area (Å²) in [5, 5.41) is 5.07. The molecule has 2 N–H and O–H groups in total.